The topological polar surface area (TPSA) is 95.9 Å². The zero-order valence-electron chi connectivity index (χ0n) is 39.9. The molecule has 350 valence electrons. The standard InChI is InChI=1S/C53H103NO5/c1-4-7-10-13-16-19-22-24-26-27-30-32-35-38-41-44-49(59-53(58)46-43-40-37-34-29-21-18-15-12-9-6-3)47-52(57)54-50(48-55)51(56)45-42-39-36-33-31-28-25-23-20-17-14-11-8-5-2/h15,18,49-51,55-56H,4-14,16-17,19-48H2,1-3H3,(H,54,57)/b18-15-. The number of hydrogen-bond donors (Lipinski definition) is 3. The summed E-state index contributed by atoms with van der Waals surface area (Å²) in [7, 11) is 0. The molecular formula is C53H103NO5. The molecule has 0 saturated carbocycles. The lowest BCUT2D eigenvalue weighted by Gasteiger charge is -2.24. The van der Waals surface area contributed by atoms with Crippen LogP contribution in [0.2, 0.25) is 0 Å². The summed E-state index contributed by atoms with van der Waals surface area (Å²) in [6.45, 7) is 6.47. The maximum absolute atomic E-state index is 13.2. The van der Waals surface area contributed by atoms with Crippen LogP contribution in [0.4, 0.5) is 0 Å². The van der Waals surface area contributed by atoms with Crippen molar-refractivity contribution < 1.29 is 24.5 Å². The molecule has 6 heteroatoms. The lowest BCUT2D eigenvalue weighted by atomic mass is 10.0. The highest BCUT2D eigenvalue weighted by Crippen LogP contribution is 2.19. The molecule has 0 aromatic heterocycles. The third-order valence-corrected chi connectivity index (χ3v) is 12.3. The molecule has 6 nitrogen and oxygen atoms in total. The number of carbonyl (C=O) groups excluding carboxylic acids is 2. The van der Waals surface area contributed by atoms with Gasteiger partial charge in [-0.3, -0.25) is 9.59 Å². The molecule has 59 heavy (non-hydrogen) atoms. The van der Waals surface area contributed by atoms with Gasteiger partial charge in [-0.05, 0) is 44.9 Å². The van der Waals surface area contributed by atoms with Gasteiger partial charge in [0.25, 0.3) is 0 Å². The number of ether oxygens (including phenoxy) is 1. The first-order valence-corrected chi connectivity index (χ1v) is 26.4. The fourth-order valence-electron chi connectivity index (χ4n) is 8.30. The van der Waals surface area contributed by atoms with Crippen LogP contribution in [0.3, 0.4) is 0 Å². The number of allylic oxidation sites excluding steroid dienone is 2. The Labute approximate surface area is 368 Å². The third kappa shape index (κ3) is 43.1. The third-order valence-electron chi connectivity index (χ3n) is 12.3. The Bertz CT molecular complexity index is 893. The monoisotopic (exact) mass is 834 g/mol. The number of unbranched alkanes of at least 4 members (excludes halogenated alkanes) is 34. The molecule has 0 aliphatic carbocycles. The van der Waals surface area contributed by atoms with Crippen LogP contribution in [0.15, 0.2) is 12.2 Å². The van der Waals surface area contributed by atoms with Gasteiger partial charge in [-0.1, -0.05) is 245 Å². The summed E-state index contributed by atoms with van der Waals surface area (Å²) in [4.78, 5) is 26.1. The van der Waals surface area contributed by atoms with Gasteiger partial charge in [0, 0.05) is 6.42 Å². The second kappa shape index (κ2) is 47.6. The molecule has 3 atom stereocenters. The Morgan fingerprint density at radius 2 is 0.831 bits per heavy atom. The minimum atomic E-state index is -0.782. The number of amides is 1. The second-order valence-electron chi connectivity index (χ2n) is 18.3. The second-order valence-corrected chi connectivity index (χ2v) is 18.3. The van der Waals surface area contributed by atoms with E-state index < -0.39 is 18.2 Å². The zero-order valence-corrected chi connectivity index (χ0v) is 39.9. The van der Waals surface area contributed by atoms with Crippen molar-refractivity contribution in [2.45, 2.75) is 309 Å². The van der Waals surface area contributed by atoms with E-state index >= 15 is 0 Å². The van der Waals surface area contributed by atoms with Gasteiger partial charge in [0.15, 0.2) is 0 Å². The van der Waals surface area contributed by atoms with E-state index in [0.717, 1.165) is 51.4 Å². The van der Waals surface area contributed by atoms with Gasteiger partial charge in [-0.15, -0.1) is 0 Å². The predicted octanol–water partition coefficient (Wildman–Crippen LogP) is 15.7. The van der Waals surface area contributed by atoms with Crippen molar-refractivity contribution in [3.63, 3.8) is 0 Å². The van der Waals surface area contributed by atoms with Crippen LogP contribution < -0.4 is 5.32 Å². The largest absolute Gasteiger partial charge is 0.462 e. The fraction of sp³-hybridized carbons (Fsp3) is 0.925. The van der Waals surface area contributed by atoms with E-state index in [1.807, 2.05) is 0 Å². The predicted molar refractivity (Wildman–Crippen MR) is 255 cm³/mol. The number of esters is 1. The Kier molecular flexibility index (Phi) is 46.5. The molecule has 3 N–H and O–H groups in total. The minimum Gasteiger partial charge on any atom is -0.462 e. The Hall–Kier alpha value is -1.40. The van der Waals surface area contributed by atoms with Crippen LogP contribution in [0.1, 0.15) is 290 Å². The number of hydrogen-bond acceptors (Lipinski definition) is 5. The van der Waals surface area contributed by atoms with Crippen molar-refractivity contribution >= 4 is 11.9 Å². The van der Waals surface area contributed by atoms with Gasteiger partial charge in [0.1, 0.15) is 6.10 Å². The Balaban J connectivity index is 4.51. The van der Waals surface area contributed by atoms with E-state index in [2.05, 4.69) is 38.2 Å². The molecule has 0 bridgehead atoms. The number of rotatable bonds is 48. The molecular weight excluding hydrogens is 731 g/mol. The van der Waals surface area contributed by atoms with Crippen molar-refractivity contribution in [3.8, 4) is 0 Å². The highest BCUT2D eigenvalue weighted by molar-refractivity contribution is 5.77. The molecule has 0 aliphatic heterocycles. The summed E-state index contributed by atoms with van der Waals surface area (Å²) in [6.07, 6.45) is 52.7. The smallest absolute Gasteiger partial charge is 0.306 e. The maximum atomic E-state index is 13.2. The summed E-state index contributed by atoms with van der Waals surface area (Å²) in [5.74, 6) is -0.467. The number of aliphatic hydroxyl groups is 2. The van der Waals surface area contributed by atoms with Crippen LogP contribution >= 0.6 is 0 Å². The van der Waals surface area contributed by atoms with Crippen LogP contribution in [0, 0.1) is 0 Å². The Morgan fingerprint density at radius 3 is 1.25 bits per heavy atom. The van der Waals surface area contributed by atoms with Crippen molar-refractivity contribution in [2.24, 2.45) is 0 Å². The van der Waals surface area contributed by atoms with Gasteiger partial charge in [-0.2, -0.15) is 0 Å². The first-order valence-electron chi connectivity index (χ1n) is 26.4. The quantitative estimate of drug-likeness (QED) is 0.0322. The fourth-order valence-corrected chi connectivity index (χ4v) is 8.30. The molecule has 0 radical (unpaired) electrons. The molecule has 0 saturated heterocycles. The molecule has 0 fully saturated rings. The molecule has 0 aromatic rings. The summed E-state index contributed by atoms with van der Waals surface area (Å²) in [5, 5.41) is 23.8. The molecule has 0 heterocycles. The maximum Gasteiger partial charge on any atom is 0.306 e. The lowest BCUT2D eigenvalue weighted by Crippen LogP contribution is -2.46. The lowest BCUT2D eigenvalue weighted by molar-refractivity contribution is -0.151. The highest BCUT2D eigenvalue weighted by Gasteiger charge is 2.24. The van der Waals surface area contributed by atoms with Crippen LogP contribution in [-0.4, -0.2) is 46.9 Å². The van der Waals surface area contributed by atoms with Gasteiger partial charge in [0.2, 0.25) is 5.91 Å². The van der Waals surface area contributed by atoms with Crippen LogP contribution in [-0.2, 0) is 14.3 Å². The van der Waals surface area contributed by atoms with Gasteiger partial charge >= 0.3 is 5.97 Å². The molecule has 3 unspecified atom stereocenters. The van der Waals surface area contributed by atoms with Crippen molar-refractivity contribution in [2.75, 3.05) is 6.61 Å². The summed E-state index contributed by atoms with van der Waals surface area (Å²) < 4.78 is 5.93. The van der Waals surface area contributed by atoms with Crippen molar-refractivity contribution in [1.82, 2.24) is 5.32 Å². The van der Waals surface area contributed by atoms with Gasteiger partial charge < -0.3 is 20.3 Å². The van der Waals surface area contributed by atoms with Crippen LogP contribution in [0.25, 0.3) is 0 Å². The minimum absolute atomic E-state index is 0.0815. The molecule has 0 aliphatic rings. The normalized spacial score (nSPS) is 13.2. The summed E-state index contributed by atoms with van der Waals surface area (Å²) in [6, 6.07) is -0.696. The van der Waals surface area contributed by atoms with E-state index in [9.17, 15) is 19.8 Å². The van der Waals surface area contributed by atoms with E-state index in [4.69, 9.17) is 4.74 Å². The first-order chi connectivity index (χ1) is 29.0. The number of carbonyl (C=O) groups is 2. The summed E-state index contributed by atoms with van der Waals surface area (Å²) >= 11 is 0. The van der Waals surface area contributed by atoms with Crippen molar-refractivity contribution in [3.05, 3.63) is 12.2 Å². The number of nitrogens with one attached hydrogen (secondary N) is 1. The Morgan fingerprint density at radius 1 is 0.475 bits per heavy atom. The van der Waals surface area contributed by atoms with Crippen molar-refractivity contribution in [1.29, 1.82) is 0 Å². The van der Waals surface area contributed by atoms with E-state index in [0.29, 0.717) is 19.3 Å². The molecule has 0 rings (SSSR count). The highest BCUT2D eigenvalue weighted by atomic mass is 16.5. The summed E-state index contributed by atoms with van der Waals surface area (Å²) in [5.41, 5.74) is 0. The SMILES string of the molecule is CCCC/C=C\CCCCCCCC(=O)OC(CCCCCCCCCCCCCCCCC)CC(=O)NC(CO)C(O)CCCCCCCCCCCCCCCC. The van der Waals surface area contributed by atoms with Crippen LogP contribution in [0.5, 0.6) is 0 Å². The molecule has 1 amide bonds. The number of aliphatic hydroxyl groups excluding tert-OH is 2. The average molecular weight is 834 g/mol. The first kappa shape index (κ1) is 57.6. The van der Waals surface area contributed by atoms with Gasteiger partial charge in [0.05, 0.1) is 25.2 Å². The van der Waals surface area contributed by atoms with E-state index in [-0.39, 0.29) is 24.9 Å². The zero-order chi connectivity index (χ0) is 43.1. The van der Waals surface area contributed by atoms with E-state index in [1.165, 1.54) is 193 Å². The van der Waals surface area contributed by atoms with Gasteiger partial charge in [-0.25, -0.2) is 0 Å². The molecule has 0 aromatic carbocycles. The molecule has 0 spiro atoms. The average Bonchev–Trinajstić information content (AvgIpc) is 3.23. The van der Waals surface area contributed by atoms with E-state index in [1.54, 1.807) is 0 Å².